The van der Waals surface area contributed by atoms with Gasteiger partial charge < -0.3 is 5.32 Å². The van der Waals surface area contributed by atoms with E-state index < -0.39 is 0 Å². The molecule has 1 aliphatic carbocycles. The maximum atomic E-state index is 12.3. The zero-order valence-corrected chi connectivity index (χ0v) is 15.2. The monoisotopic (exact) mass is 370 g/mol. The number of amides is 1. The molecule has 2 heterocycles. The first kappa shape index (κ1) is 16.4. The summed E-state index contributed by atoms with van der Waals surface area (Å²) < 4.78 is 0. The number of aromatic amines is 1. The number of nitrogens with zero attached hydrogens (tertiary/aromatic N) is 2. The van der Waals surface area contributed by atoms with Crippen molar-refractivity contribution in [2.75, 3.05) is 5.75 Å². The summed E-state index contributed by atoms with van der Waals surface area (Å²) in [4.78, 5) is 17.8. The van der Waals surface area contributed by atoms with Crippen molar-refractivity contribution in [2.24, 2.45) is 0 Å². The molecule has 0 bridgehead atoms. The minimum absolute atomic E-state index is 0.0224. The maximum Gasteiger partial charge on any atom is 0.230 e. The van der Waals surface area contributed by atoms with Gasteiger partial charge in [0.15, 0.2) is 5.82 Å². The molecule has 0 saturated carbocycles. The first-order chi connectivity index (χ1) is 12.3. The highest BCUT2D eigenvalue weighted by atomic mass is 32.2. The van der Waals surface area contributed by atoms with Crippen LogP contribution in [0.2, 0.25) is 0 Å². The molecular formula is C18H18N4OS2. The second kappa shape index (κ2) is 7.41. The molecule has 4 rings (SSSR count). The Hall–Kier alpha value is -2.12. The number of carbonyl (C=O) groups excluding carboxylic acids is 1. The number of H-pyrrole nitrogens is 1. The fraction of sp³-hybridized carbons (Fsp3) is 0.278. The Morgan fingerprint density at radius 2 is 2.24 bits per heavy atom. The number of thioether (sulfide) groups is 1. The summed E-state index contributed by atoms with van der Waals surface area (Å²) in [5, 5.41) is 12.9. The Bertz CT molecular complexity index is 860. The molecule has 1 atom stereocenters. The van der Waals surface area contributed by atoms with Crippen LogP contribution in [0.15, 0.2) is 46.9 Å². The van der Waals surface area contributed by atoms with E-state index in [4.69, 9.17) is 0 Å². The lowest BCUT2D eigenvalue weighted by molar-refractivity contribution is -0.119. The predicted octanol–water partition coefficient (Wildman–Crippen LogP) is 3.82. The van der Waals surface area contributed by atoms with Gasteiger partial charge >= 0.3 is 0 Å². The van der Waals surface area contributed by atoms with Crippen LogP contribution in [0.3, 0.4) is 0 Å². The van der Waals surface area contributed by atoms with Crippen LogP contribution in [0, 0.1) is 0 Å². The SMILES string of the molecule is O=C(CSc1n[nH]c(-c2cccs2)n1)N[C@H]1CCCc2ccccc21. The van der Waals surface area contributed by atoms with Crippen LogP contribution < -0.4 is 5.32 Å². The Morgan fingerprint density at radius 3 is 3.12 bits per heavy atom. The van der Waals surface area contributed by atoms with Crippen LogP contribution in [-0.4, -0.2) is 26.8 Å². The largest absolute Gasteiger partial charge is 0.349 e. The van der Waals surface area contributed by atoms with Crippen LogP contribution in [-0.2, 0) is 11.2 Å². The number of hydrogen-bond donors (Lipinski definition) is 2. The van der Waals surface area contributed by atoms with Crippen LogP contribution >= 0.6 is 23.1 Å². The number of thiophene rings is 1. The van der Waals surface area contributed by atoms with Crippen LogP contribution in [0.1, 0.15) is 30.0 Å². The van der Waals surface area contributed by atoms with Crippen molar-refractivity contribution in [2.45, 2.75) is 30.5 Å². The molecule has 3 aromatic rings. The van der Waals surface area contributed by atoms with E-state index >= 15 is 0 Å². The molecule has 0 saturated heterocycles. The average Bonchev–Trinajstić information content (AvgIpc) is 3.32. The molecule has 0 aliphatic heterocycles. The molecule has 0 radical (unpaired) electrons. The molecule has 1 amide bonds. The van der Waals surface area contributed by atoms with Gasteiger partial charge in [0.1, 0.15) is 0 Å². The van der Waals surface area contributed by atoms with E-state index in [-0.39, 0.29) is 11.9 Å². The number of nitrogens with one attached hydrogen (secondary N) is 2. The number of aromatic nitrogens is 3. The van der Waals surface area contributed by atoms with Crippen molar-refractivity contribution in [1.29, 1.82) is 0 Å². The topological polar surface area (TPSA) is 70.7 Å². The van der Waals surface area contributed by atoms with E-state index in [9.17, 15) is 4.79 Å². The van der Waals surface area contributed by atoms with E-state index in [2.05, 4.69) is 38.7 Å². The molecule has 25 heavy (non-hydrogen) atoms. The molecule has 2 aromatic heterocycles. The van der Waals surface area contributed by atoms with E-state index in [0.717, 1.165) is 30.0 Å². The Morgan fingerprint density at radius 1 is 1.32 bits per heavy atom. The lowest BCUT2D eigenvalue weighted by atomic mass is 9.88. The number of aryl methyl sites for hydroxylation is 1. The lowest BCUT2D eigenvalue weighted by Gasteiger charge is -2.26. The number of benzene rings is 1. The zero-order valence-electron chi connectivity index (χ0n) is 13.6. The Balaban J connectivity index is 1.34. The minimum atomic E-state index is 0.0224. The number of rotatable bonds is 5. The summed E-state index contributed by atoms with van der Waals surface area (Å²) in [5.74, 6) is 1.09. The quantitative estimate of drug-likeness (QED) is 0.670. The molecule has 2 N–H and O–H groups in total. The van der Waals surface area contributed by atoms with E-state index in [0.29, 0.717) is 10.9 Å². The van der Waals surface area contributed by atoms with Gasteiger partial charge in [-0.2, -0.15) is 0 Å². The Labute approximate surface area is 154 Å². The van der Waals surface area contributed by atoms with Gasteiger partial charge in [-0.25, -0.2) is 4.98 Å². The van der Waals surface area contributed by atoms with Crippen molar-refractivity contribution in [3.05, 3.63) is 52.9 Å². The molecule has 0 fully saturated rings. The van der Waals surface area contributed by atoms with Crippen LogP contribution in [0.5, 0.6) is 0 Å². The first-order valence-corrected chi connectivity index (χ1v) is 10.1. The van der Waals surface area contributed by atoms with Gasteiger partial charge in [0.25, 0.3) is 0 Å². The van der Waals surface area contributed by atoms with Gasteiger partial charge in [0.05, 0.1) is 16.7 Å². The first-order valence-electron chi connectivity index (χ1n) is 8.26. The summed E-state index contributed by atoms with van der Waals surface area (Å²) in [5.41, 5.74) is 2.60. The van der Waals surface area contributed by atoms with Crippen molar-refractivity contribution >= 4 is 29.0 Å². The predicted molar refractivity (Wildman–Crippen MR) is 101 cm³/mol. The summed E-state index contributed by atoms with van der Waals surface area (Å²) in [6.45, 7) is 0. The Kier molecular flexibility index (Phi) is 4.85. The molecule has 1 aromatic carbocycles. The van der Waals surface area contributed by atoms with Crippen molar-refractivity contribution < 1.29 is 4.79 Å². The third-order valence-corrected chi connectivity index (χ3v) is 5.98. The summed E-state index contributed by atoms with van der Waals surface area (Å²) >= 11 is 2.96. The lowest BCUT2D eigenvalue weighted by Crippen LogP contribution is -2.32. The van der Waals surface area contributed by atoms with Gasteiger partial charge in [0.2, 0.25) is 11.1 Å². The standard InChI is InChI=1S/C18H18N4OS2/c23-16(19-14-8-3-6-12-5-1-2-7-13(12)14)11-25-18-20-17(21-22-18)15-9-4-10-24-15/h1-2,4-5,7,9-10,14H,3,6,8,11H2,(H,19,23)(H,20,21,22)/t14-/m0/s1. The van der Waals surface area contributed by atoms with E-state index in [1.54, 1.807) is 11.3 Å². The highest BCUT2D eigenvalue weighted by Crippen LogP contribution is 2.29. The molecule has 5 nitrogen and oxygen atoms in total. The highest BCUT2D eigenvalue weighted by Gasteiger charge is 2.21. The van der Waals surface area contributed by atoms with Crippen molar-refractivity contribution in [1.82, 2.24) is 20.5 Å². The molecule has 0 unspecified atom stereocenters. The maximum absolute atomic E-state index is 12.3. The average molecular weight is 371 g/mol. The van der Waals surface area contributed by atoms with Crippen molar-refractivity contribution in [3.8, 4) is 10.7 Å². The fourth-order valence-corrected chi connectivity index (χ4v) is 4.38. The van der Waals surface area contributed by atoms with Crippen molar-refractivity contribution in [3.63, 3.8) is 0 Å². The molecular weight excluding hydrogens is 352 g/mol. The van der Waals surface area contributed by atoms with E-state index in [1.165, 1.54) is 22.9 Å². The second-order valence-electron chi connectivity index (χ2n) is 5.94. The normalized spacial score (nSPS) is 16.4. The molecule has 1 aliphatic rings. The third kappa shape index (κ3) is 3.77. The van der Waals surface area contributed by atoms with Crippen LogP contribution in [0.25, 0.3) is 10.7 Å². The van der Waals surface area contributed by atoms with Gasteiger partial charge in [-0.3, -0.25) is 9.89 Å². The number of hydrogen-bond acceptors (Lipinski definition) is 5. The van der Waals surface area contributed by atoms with Gasteiger partial charge in [-0.1, -0.05) is 42.1 Å². The summed E-state index contributed by atoms with van der Waals surface area (Å²) in [6.07, 6.45) is 3.21. The van der Waals surface area contributed by atoms with Gasteiger partial charge in [0, 0.05) is 0 Å². The van der Waals surface area contributed by atoms with E-state index in [1.807, 2.05) is 23.6 Å². The summed E-state index contributed by atoms with van der Waals surface area (Å²) in [6, 6.07) is 12.5. The smallest absolute Gasteiger partial charge is 0.230 e. The molecule has 128 valence electrons. The van der Waals surface area contributed by atoms with Gasteiger partial charge in [-0.05, 0) is 41.8 Å². The number of fused-ring (bicyclic) bond motifs is 1. The zero-order chi connectivity index (χ0) is 17.1. The number of carbonyl (C=O) groups is 1. The fourth-order valence-electron chi connectivity index (χ4n) is 3.10. The van der Waals surface area contributed by atoms with Gasteiger partial charge in [-0.15, -0.1) is 16.4 Å². The highest BCUT2D eigenvalue weighted by molar-refractivity contribution is 7.99. The molecule has 7 heteroatoms. The molecule has 0 spiro atoms. The minimum Gasteiger partial charge on any atom is -0.349 e. The second-order valence-corrected chi connectivity index (χ2v) is 7.83. The van der Waals surface area contributed by atoms with Crippen LogP contribution in [0.4, 0.5) is 0 Å². The summed E-state index contributed by atoms with van der Waals surface area (Å²) in [7, 11) is 0. The third-order valence-electron chi connectivity index (χ3n) is 4.26.